The van der Waals surface area contributed by atoms with Gasteiger partial charge in [-0.25, -0.2) is 4.79 Å². The van der Waals surface area contributed by atoms with E-state index >= 15 is 0 Å². The van der Waals surface area contributed by atoms with E-state index in [2.05, 4.69) is 10.6 Å². The number of nitrogens with zero attached hydrogens (tertiary/aromatic N) is 1. The molecule has 0 atom stereocenters. The van der Waals surface area contributed by atoms with Crippen LogP contribution in [-0.4, -0.2) is 44.1 Å². The first-order valence-electron chi connectivity index (χ1n) is 6.32. The Bertz CT molecular complexity index is 498. The SMILES string of the molecule is COc1ccc(C(=O)N(C)C)cc1NC(=O)NC(C)C. The molecular weight excluding hydrogens is 258 g/mol. The molecule has 0 aliphatic carbocycles. The fourth-order valence-corrected chi connectivity index (χ4v) is 1.62. The van der Waals surface area contributed by atoms with Gasteiger partial charge in [-0.1, -0.05) is 0 Å². The summed E-state index contributed by atoms with van der Waals surface area (Å²) < 4.78 is 5.18. The van der Waals surface area contributed by atoms with E-state index in [1.54, 1.807) is 32.3 Å². The van der Waals surface area contributed by atoms with Gasteiger partial charge in [0.2, 0.25) is 0 Å². The molecule has 2 N–H and O–H groups in total. The minimum absolute atomic E-state index is 0.0209. The normalized spacial score (nSPS) is 10.1. The lowest BCUT2D eigenvalue weighted by atomic mass is 10.1. The smallest absolute Gasteiger partial charge is 0.319 e. The van der Waals surface area contributed by atoms with Crippen molar-refractivity contribution in [1.29, 1.82) is 0 Å². The molecule has 0 heterocycles. The van der Waals surface area contributed by atoms with Gasteiger partial charge in [-0.2, -0.15) is 0 Å². The molecule has 0 aliphatic rings. The van der Waals surface area contributed by atoms with Crippen LogP contribution in [0, 0.1) is 0 Å². The van der Waals surface area contributed by atoms with Gasteiger partial charge >= 0.3 is 6.03 Å². The summed E-state index contributed by atoms with van der Waals surface area (Å²) >= 11 is 0. The molecule has 0 saturated heterocycles. The fourth-order valence-electron chi connectivity index (χ4n) is 1.62. The summed E-state index contributed by atoms with van der Waals surface area (Å²) in [6, 6.07) is 4.59. The molecule has 1 aromatic carbocycles. The summed E-state index contributed by atoms with van der Waals surface area (Å²) in [4.78, 5) is 25.1. The van der Waals surface area contributed by atoms with Gasteiger partial charge in [-0.15, -0.1) is 0 Å². The Morgan fingerprint density at radius 1 is 1.25 bits per heavy atom. The molecule has 0 fully saturated rings. The quantitative estimate of drug-likeness (QED) is 0.884. The minimum Gasteiger partial charge on any atom is -0.495 e. The zero-order valence-electron chi connectivity index (χ0n) is 12.5. The Kier molecular flexibility index (Phi) is 5.37. The Morgan fingerprint density at radius 2 is 1.90 bits per heavy atom. The summed E-state index contributed by atoms with van der Waals surface area (Å²) in [7, 11) is 4.85. The van der Waals surface area contributed by atoms with Gasteiger partial charge in [0, 0.05) is 25.7 Å². The van der Waals surface area contributed by atoms with E-state index in [4.69, 9.17) is 4.74 Å². The van der Waals surface area contributed by atoms with Crippen LogP contribution >= 0.6 is 0 Å². The highest BCUT2D eigenvalue weighted by molar-refractivity contribution is 5.97. The first kappa shape index (κ1) is 15.8. The molecular formula is C14H21N3O3. The molecule has 0 aromatic heterocycles. The number of amides is 3. The predicted molar refractivity (Wildman–Crippen MR) is 78.3 cm³/mol. The summed E-state index contributed by atoms with van der Waals surface area (Å²) in [5, 5.41) is 5.39. The third-order valence-corrected chi connectivity index (χ3v) is 2.52. The standard InChI is InChI=1S/C14H21N3O3/c1-9(2)15-14(19)16-11-8-10(13(18)17(3)4)6-7-12(11)20-5/h6-9H,1-5H3,(H2,15,16,19). The molecule has 3 amide bonds. The number of nitrogens with one attached hydrogen (secondary N) is 2. The first-order valence-corrected chi connectivity index (χ1v) is 6.32. The Hall–Kier alpha value is -2.24. The zero-order chi connectivity index (χ0) is 15.3. The van der Waals surface area contributed by atoms with Crippen molar-refractivity contribution in [3.05, 3.63) is 23.8 Å². The number of rotatable bonds is 4. The molecule has 1 rings (SSSR count). The van der Waals surface area contributed by atoms with Crippen molar-refractivity contribution in [3.63, 3.8) is 0 Å². The number of hydrogen-bond donors (Lipinski definition) is 2. The number of carbonyl (C=O) groups is 2. The van der Waals surface area contributed by atoms with Crippen LogP contribution in [-0.2, 0) is 0 Å². The summed E-state index contributed by atoms with van der Waals surface area (Å²) in [5.74, 6) is 0.360. The lowest BCUT2D eigenvalue weighted by Gasteiger charge is -2.15. The van der Waals surface area contributed by atoms with Crippen molar-refractivity contribution in [2.24, 2.45) is 0 Å². The number of anilines is 1. The lowest BCUT2D eigenvalue weighted by Crippen LogP contribution is -2.34. The van der Waals surface area contributed by atoms with Crippen molar-refractivity contribution in [2.45, 2.75) is 19.9 Å². The van der Waals surface area contributed by atoms with E-state index in [0.717, 1.165) is 0 Å². The maximum atomic E-state index is 11.9. The van der Waals surface area contributed by atoms with Crippen LogP contribution in [0.3, 0.4) is 0 Å². The number of hydrogen-bond acceptors (Lipinski definition) is 3. The summed E-state index contributed by atoms with van der Waals surface area (Å²) in [6.07, 6.45) is 0. The second kappa shape index (κ2) is 6.79. The van der Waals surface area contributed by atoms with Gasteiger partial charge in [0.05, 0.1) is 12.8 Å². The number of carbonyl (C=O) groups excluding carboxylic acids is 2. The first-order chi connectivity index (χ1) is 9.35. The molecule has 6 heteroatoms. The molecule has 110 valence electrons. The summed E-state index contributed by atoms with van der Waals surface area (Å²) in [6.45, 7) is 3.73. The average molecular weight is 279 g/mol. The second-order valence-electron chi connectivity index (χ2n) is 4.87. The van der Waals surface area contributed by atoms with Crippen LogP contribution in [0.4, 0.5) is 10.5 Å². The van der Waals surface area contributed by atoms with E-state index < -0.39 is 0 Å². The molecule has 0 unspecified atom stereocenters. The molecule has 0 saturated carbocycles. The third kappa shape index (κ3) is 4.15. The second-order valence-corrected chi connectivity index (χ2v) is 4.87. The van der Waals surface area contributed by atoms with Crippen molar-refractivity contribution in [2.75, 3.05) is 26.5 Å². The fraction of sp³-hybridized carbons (Fsp3) is 0.429. The van der Waals surface area contributed by atoms with Gasteiger partial charge in [0.1, 0.15) is 5.75 Å². The lowest BCUT2D eigenvalue weighted by molar-refractivity contribution is 0.0827. The monoisotopic (exact) mass is 279 g/mol. The van der Waals surface area contributed by atoms with Crippen LogP contribution in [0.25, 0.3) is 0 Å². The topological polar surface area (TPSA) is 70.7 Å². The number of methoxy groups -OCH3 is 1. The minimum atomic E-state index is -0.340. The van der Waals surface area contributed by atoms with Crippen LogP contribution in [0.5, 0.6) is 5.75 Å². The van der Waals surface area contributed by atoms with Gasteiger partial charge < -0.3 is 20.3 Å². The molecule has 0 bridgehead atoms. The highest BCUT2D eigenvalue weighted by atomic mass is 16.5. The number of benzene rings is 1. The van der Waals surface area contributed by atoms with Gasteiger partial charge in [-0.05, 0) is 32.0 Å². The molecule has 1 aromatic rings. The summed E-state index contributed by atoms with van der Waals surface area (Å²) in [5.41, 5.74) is 0.939. The van der Waals surface area contributed by atoms with Crippen molar-refractivity contribution in [3.8, 4) is 5.75 Å². The van der Waals surface area contributed by atoms with Gasteiger partial charge in [-0.3, -0.25) is 4.79 Å². The maximum Gasteiger partial charge on any atom is 0.319 e. The number of urea groups is 1. The number of ether oxygens (including phenoxy) is 1. The van der Waals surface area contributed by atoms with E-state index in [0.29, 0.717) is 17.0 Å². The Labute approximate surface area is 119 Å². The largest absolute Gasteiger partial charge is 0.495 e. The molecule has 0 aliphatic heterocycles. The Balaban J connectivity index is 3.00. The molecule has 0 radical (unpaired) electrons. The van der Waals surface area contributed by atoms with Crippen LogP contribution in [0.2, 0.25) is 0 Å². The van der Waals surface area contributed by atoms with Crippen molar-refractivity contribution < 1.29 is 14.3 Å². The predicted octanol–water partition coefficient (Wildman–Crippen LogP) is 1.93. The van der Waals surface area contributed by atoms with Crippen molar-refractivity contribution in [1.82, 2.24) is 10.2 Å². The molecule has 0 spiro atoms. The van der Waals surface area contributed by atoms with E-state index in [-0.39, 0.29) is 18.0 Å². The maximum absolute atomic E-state index is 11.9. The van der Waals surface area contributed by atoms with Crippen LogP contribution in [0.15, 0.2) is 18.2 Å². The van der Waals surface area contributed by atoms with E-state index in [1.807, 2.05) is 13.8 Å². The molecule has 20 heavy (non-hydrogen) atoms. The van der Waals surface area contributed by atoms with E-state index in [9.17, 15) is 9.59 Å². The van der Waals surface area contributed by atoms with Gasteiger partial charge in [0.15, 0.2) is 0 Å². The van der Waals surface area contributed by atoms with E-state index in [1.165, 1.54) is 12.0 Å². The van der Waals surface area contributed by atoms with Crippen LogP contribution in [0.1, 0.15) is 24.2 Å². The molecule has 6 nitrogen and oxygen atoms in total. The highest BCUT2D eigenvalue weighted by Crippen LogP contribution is 2.25. The zero-order valence-corrected chi connectivity index (χ0v) is 12.5. The van der Waals surface area contributed by atoms with Gasteiger partial charge in [0.25, 0.3) is 5.91 Å². The van der Waals surface area contributed by atoms with Crippen LogP contribution < -0.4 is 15.4 Å². The third-order valence-electron chi connectivity index (χ3n) is 2.52. The Morgan fingerprint density at radius 3 is 2.40 bits per heavy atom. The van der Waals surface area contributed by atoms with Crippen molar-refractivity contribution >= 4 is 17.6 Å². The average Bonchev–Trinajstić information content (AvgIpc) is 2.36. The highest BCUT2D eigenvalue weighted by Gasteiger charge is 2.13.